The number of sulfonamides is 1. The number of aromatic nitrogens is 2. The molecule has 3 aromatic rings. The first-order valence-corrected chi connectivity index (χ1v) is 10.7. The van der Waals surface area contributed by atoms with Crippen LogP contribution >= 0.6 is 11.3 Å². The second kappa shape index (κ2) is 8.89. The molecule has 0 aliphatic heterocycles. The van der Waals surface area contributed by atoms with Crippen LogP contribution in [-0.2, 0) is 27.8 Å². The molecule has 2 N–H and O–H groups in total. The van der Waals surface area contributed by atoms with Gasteiger partial charge in [0.15, 0.2) is 5.13 Å². The number of aryl methyl sites for hydroxylation is 1. The Hall–Kier alpha value is -2.85. The third-order valence-electron chi connectivity index (χ3n) is 3.74. The number of thiazole rings is 1. The highest BCUT2D eigenvalue weighted by atomic mass is 32.2. The predicted octanol–water partition coefficient (Wildman–Crippen LogP) is 2.73. The molecule has 3 rings (SSSR count). The van der Waals surface area contributed by atoms with Crippen molar-refractivity contribution < 1.29 is 17.6 Å². The summed E-state index contributed by atoms with van der Waals surface area (Å²) in [6.07, 6.45) is 3.94. The number of carbonyl (C=O) groups is 1. The Balaban J connectivity index is 1.51. The Bertz CT molecular complexity index is 1040. The third kappa shape index (κ3) is 5.57. The fraction of sp³-hybridized carbons (Fsp3) is 0.167. The number of hydrogen-bond donors (Lipinski definition) is 2. The van der Waals surface area contributed by atoms with E-state index in [1.807, 2.05) is 12.1 Å². The van der Waals surface area contributed by atoms with E-state index in [4.69, 9.17) is 0 Å². The van der Waals surface area contributed by atoms with Crippen LogP contribution < -0.4 is 10.0 Å². The fourth-order valence-electron chi connectivity index (χ4n) is 2.29. The first kappa shape index (κ1) is 19.9. The van der Waals surface area contributed by atoms with Gasteiger partial charge in [0, 0.05) is 30.7 Å². The summed E-state index contributed by atoms with van der Waals surface area (Å²) < 4.78 is 39.9. The molecule has 2 aromatic heterocycles. The molecule has 0 bridgehead atoms. The summed E-state index contributed by atoms with van der Waals surface area (Å²) in [4.78, 5) is 20.0. The molecule has 7 nitrogen and oxygen atoms in total. The molecule has 1 amide bonds. The molecule has 0 unspecified atom stereocenters. The Morgan fingerprint density at radius 1 is 1.11 bits per heavy atom. The van der Waals surface area contributed by atoms with Crippen molar-refractivity contribution in [2.24, 2.45) is 0 Å². The third-order valence-corrected chi connectivity index (χ3v) is 6.04. The molecule has 0 fully saturated rings. The van der Waals surface area contributed by atoms with Gasteiger partial charge in [-0.05, 0) is 48.4 Å². The number of nitrogens with one attached hydrogen (secondary N) is 2. The average Bonchev–Trinajstić information content (AvgIpc) is 3.12. The van der Waals surface area contributed by atoms with Crippen LogP contribution in [0.25, 0.3) is 0 Å². The molecule has 10 heteroatoms. The van der Waals surface area contributed by atoms with E-state index in [1.165, 1.54) is 12.1 Å². The highest BCUT2D eigenvalue weighted by molar-refractivity contribution is 7.93. The summed E-state index contributed by atoms with van der Waals surface area (Å²) in [5.74, 6) is -0.643. The Morgan fingerprint density at radius 3 is 2.54 bits per heavy atom. The lowest BCUT2D eigenvalue weighted by atomic mass is 10.2. The van der Waals surface area contributed by atoms with Crippen LogP contribution in [0.5, 0.6) is 0 Å². The van der Waals surface area contributed by atoms with Crippen LogP contribution in [-0.4, -0.2) is 24.3 Å². The van der Waals surface area contributed by atoms with E-state index < -0.39 is 15.8 Å². The molecule has 0 saturated carbocycles. The molecule has 146 valence electrons. The van der Waals surface area contributed by atoms with Gasteiger partial charge in [0.25, 0.3) is 10.0 Å². The van der Waals surface area contributed by atoms with E-state index in [0.717, 1.165) is 29.0 Å². The van der Waals surface area contributed by atoms with Crippen LogP contribution in [0, 0.1) is 5.82 Å². The van der Waals surface area contributed by atoms with Crippen LogP contribution in [0.3, 0.4) is 0 Å². The lowest BCUT2D eigenvalue weighted by Crippen LogP contribution is -2.23. The van der Waals surface area contributed by atoms with E-state index in [1.54, 1.807) is 17.8 Å². The van der Waals surface area contributed by atoms with Gasteiger partial charge in [0.1, 0.15) is 5.82 Å². The maximum Gasteiger partial charge on any atom is 0.263 e. The second-order valence-electron chi connectivity index (χ2n) is 5.84. The van der Waals surface area contributed by atoms with Crippen molar-refractivity contribution in [3.8, 4) is 0 Å². The number of halogens is 1. The summed E-state index contributed by atoms with van der Waals surface area (Å²) in [6.45, 7) is 0.418. The molecule has 0 aliphatic carbocycles. The van der Waals surface area contributed by atoms with Crippen molar-refractivity contribution in [3.05, 3.63) is 71.2 Å². The maximum atomic E-state index is 12.9. The normalized spacial score (nSPS) is 11.2. The average molecular weight is 420 g/mol. The highest BCUT2D eigenvalue weighted by Crippen LogP contribution is 2.21. The summed E-state index contributed by atoms with van der Waals surface area (Å²) >= 11 is 1.12. The van der Waals surface area contributed by atoms with Gasteiger partial charge in [-0.3, -0.25) is 14.5 Å². The molecule has 0 radical (unpaired) electrons. The summed E-state index contributed by atoms with van der Waals surface area (Å²) in [5.41, 5.74) is 1.57. The van der Waals surface area contributed by atoms with Gasteiger partial charge in [-0.2, -0.15) is 0 Å². The number of rotatable bonds is 8. The van der Waals surface area contributed by atoms with E-state index in [0.29, 0.717) is 18.7 Å². The van der Waals surface area contributed by atoms with Crippen molar-refractivity contribution in [1.82, 2.24) is 15.3 Å². The largest absolute Gasteiger partial charge is 0.352 e. The van der Waals surface area contributed by atoms with Gasteiger partial charge in [0.05, 0.1) is 10.6 Å². The zero-order valence-electron chi connectivity index (χ0n) is 14.6. The van der Waals surface area contributed by atoms with Gasteiger partial charge in [-0.15, -0.1) is 11.3 Å². The maximum absolute atomic E-state index is 12.9. The van der Waals surface area contributed by atoms with Crippen molar-refractivity contribution >= 4 is 32.4 Å². The molecule has 28 heavy (non-hydrogen) atoms. The first-order valence-electron chi connectivity index (χ1n) is 8.31. The number of amides is 1. The molecule has 0 atom stereocenters. The van der Waals surface area contributed by atoms with E-state index in [2.05, 4.69) is 20.0 Å². The van der Waals surface area contributed by atoms with Gasteiger partial charge >= 0.3 is 0 Å². The molecule has 0 saturated heterocycles. The SMILES string of the molecule is O=C(CCc1csc(NS(=O)(=O)c2ccc(F)cc2)n1)NCc1ccncc1. The number of nitrogens with zero attached hydrogens (tertiary/aromatic N) is 2. The summed E-state index contributed by atoms with van der Waals surface area (Å²) in [5, 5.41) is 4.69. The number of anilines is 1. The van der Waals surface area contributed by atoms with Gasteiger partial charge in [-0.1, -0.05) is 0 Å². The zero-order chi connectivity index (χ0) is 20.0. The smallest absolute Gasteiger partial charge is 0.263 e. The molecular weight excluding hydrogens is 403 g/mol. The summed E-state index contributed by atoms with van der Waals surface area (Å²) in [7, 11) is -3.84. The van der Waals surface area contributed by atoms with Crippen molar-refractivity contribution in [2.75, 3.05) is 4.72 Å². The van der Waals surface area contributed by atoms with Gasteiger partial charge in [-0.25, -0.2) is 17.8 Å². The van der Waals surface area contributed by atoms with E-state index >= 15 is 0 Å². The predicted molar refractivity (Wildman–Crippen MR) is 104 cm³/mol. The minimum atomic E-state index is -3.84. The minimum Gasteiger partial charge on any atom is -0.352 e. The molecule has 1 aromatic carbocycles. The minimum absolute atomic E-state index is 0.0545. The van der Waals surface area contributed by atoms with Crippen molar-refractivity contribution in [2.45, 2.75) is 24.3 Å². The molecule has 0 aliphatic rings. The Labute approximate surface area is 165 Å². The van der Waals surface area contributed by atoms with Crippen molar-refractivity contribution in [1.29, 1.82) is 0 Å². The Morgan fingerprint density at radius 2 is 1.82 bits per heavy atom. The quantitative estimate of drug-likeness (QED) is 0.584. The Kier molecular flexibility index (Phi) is 6.32. The van der Waals surface area contributed by atoms with Gasteiger partial charge in [0.2, 0.25) is 5.91 Å². The lowest BCUT2D eigenvalue weighted by molar-refractivity contribution is -0.121. The first-order chi connectivity index (χ1) is 13.4. The zero-order valence-corrected chi connectivity index (χ0v) is 16.3. The highest BCUT2D eigenvalue weighted by Gasteiger charge is 2.16. The second-order valence-corrected chi connectivity index (χ2v) is 8.38. The van der Waals surface area contributed by atoms with E-state index in [-0.39, 0.29) is 22.4 Å². The van der Waals surface area contributed by atoms with Crippen molar-refractivity contribution in [3.63, 3.8) is 0 Å². The standard InChI is InChI=1S/C18H17FN4O3S2/c19-14-1-4-16(5-2-14)28(25,26)23-18-22-15(12-27-18)3-6-17(24)21-11-13-7-9-20-10-8-13/h1-2,4-5,7-10,12H,3,6,11H2,(H,21,24)(H,22,23). The van der Waals surface area contributed by atoms with Crippen LogP contribution in [0.2, 0.25) is 0 Å². The molecular formula is C18H17FN4O3S2. The number of hydrogen-bond acceptors (Lipinski definition) is 6. The summed E-state index contributed by atoms with van der Waals surface area (Å²) in [6, 6.07) is 8.15. The monoisotopic (exact) mass is 420 g/mol. The van der Waals surface area contributed by atoms with Gasteiger partial charge < -0.3 is 5.32 Å². The number of carbonyl (C=O) groups excluding carboxylic acids is 1. The van der Waals surface area contributed by atoms with Crippen LogP contribution in [0.15, 0.2) is 59.1 Å². The molecule has 2 heterocycles. The topological polar surface area (TPSA) is 101 Å². The van der Waals surface area contributed by atoms with Crippen LogP contribution in [0.1, 0.15) is 17.7 Å². The van der Waals surface area contributed by atoms with E-state index in [9.17, 15) is 17.6 Å². The molecule has 0 spiro atoms. The number of pyridine rings is 1. The fourth-order valence-corrected chi connectivity index (χ4v) is 4.29. The van der Waals surface area contributed by atoms with Crippen LogP contribution in [0.4, 0.5) is 9.52 Å². The lowest BCUT2D eigenvalue weighted by Gasteiger charge is -2.05. The number of benzene rings is 1.